The van der Waals surface area contributed by atoms with Crippen LogP contribution in [0.15, 0.2) is 77.6 Å². The molecule has 3 aromatic carbocycles. The number of para-hydroxylation sites is 1. The highest BCUT2D eigenvalue weighted by Crippen LogP contribution is 2.29. The van der Waals surface area contributed by atoms with Crippen molar-refractivity contribution in [1.29, 1.82) is 0 Å². The number of nitro benzene ring substituents is 1. The van der Waals surface area contributed by atoms with Gasteiger partial charge in [0.25, 0.3) is 5.69 Å². The summed E-state index contributed by atoms with van der Waals surface area (Å²) in [5.74, 6) is 0. The van der Waals surface area contributed by atoms with Gasteiger partial charge in [0, 0.05) is 24.1 Å². The van der Waals surface area contributed by atoms with E-state index < -0.39 is 4.92 Å². The monoisotopic (exact) mass is 369 g/mol. The van der Waals surface area contributed by atoms with Crippen LogP contribution < -0.4 is 5.43 Å². The summed E-state index contributed by atoms with van der Waals surface area (Å²) in [4.78, 5) is 27.4. The first kappa shape index (κ1) is 16.3. The number of fused-ring (bicyclic) bond motifs is 4. The second-order valence-electron chi connectivity index (χ2n) is 6.75. The lowest BCUT2D eigenvalue weighted by molar-refractivity contribution is -0.384. The molecule has 2 heterocycles. The molecule has 0 amide bonds. The molecule has 1 N–H and O–H groups in total. The maximum Gasteiger partial charge on any atom is 0.270 e. The van der Waals surface area contributed by atoms with Crippen molar-refractivity contribution in [3.63, 3.8) is 0 Å². The van der Waals surface area contributed by atoms with Crippen LogP contribution in [0.1, 0.15) is 5.56 Å². The number of nitro groups is 1. The third-order valence-corrected chi connectivity index (χ3v) is 5.09. The molecule has 0 aliphatic rings. The first-order valence-corrected chi connectivity index (χ1v) is 8.89. The van der Waals surface area contributed by atoms with Crippen LogP contribution >= 0.6 is 0 Å². The molecule has 2 aromatic heterocycles. The summed E-state index contributed by atoms with van der Waals surface area (Å²) in [7, 11) is 0. The SMILES string of the molecule is O=c1c2cc([N+](=O)[O-])ccc2[nH]c2c3ccccc3n(Cc3ccccc3)c12. The minimum absolute atomic E-state index is 0.0944. The van der Waals surface area contributed by atoms with Gasteiger partial charge in [0.05, 0.1) is 26.9 Å². The smallest absolute Gasteiger partial charge is 0.270 e. The number of pyridine rings is 1. The maximum atomic E-state index is 13.4. The molecule has 0 aliphatic heterocycles. The highest BCUT2D eigenvalue weighted by Gasteiger charge is 2.18. The fourth-order valence-electron chi connectivity index (χ4n) is 3.80. The van der Waals surface area contributed by atoms with E-state index in [2.05, 4.69) is 4.98 Å². The van der Waals surface area contributed by atoms with Crippen LogP contribution in [-0.4, -0.2) is 14.5 Å². The largest absolute Gasteiger partial charge is 0.353 e. The molecule has 0 radical (unpaired) electrons. The van der Waals surface area contributed by atoms with Crippen LogP contribution in [0.2, 0.25) is 0 Å². The maximum absolute atomic E-state index is 13.4. The highest BCUT2D eigenvalue weighted by atomic mass is 16.6. The number of rotatable bonds is 3. The molecular formula is C22H15N3O3. The van der Waals surface area contributed by atoms with Crippen LogP contribution in [-0.2, 0) is 6.54 Å². The van der Waals surface area contributed by atoms with Gasteiger partial charge in [-0.05, 0) is 17.7 Å². The van der Waals surface area contributed by atoms with Gasteiger partial charge in [-0.1, -0.05) is 48.5 Å². The number of H-pyrrole nitrogens is 1. The number of nitrogens with zero attached hydrogens (tertiary/aromatic N) is 2. The molecule has 5 rings (SSSR count). The first-order valence-electron chi connectivity index (χ1n) is 8.89. The molecule has 0 atom stereocenters. The molecule has 0 unspecified atom stereocenters. The van der Waals surface area contributed by atoms with Crippen LogP contribution in [0, 0.1) is 10.1 Å². The Hall–Kier alpha value is -3.93. The molecule has 28 heavy (non-hydrogen) atoms. The average Bonchev–Trinajstić information content (AvgIpc) is 3.03. The second kappa shape index (κ2) is 6.06. The standard InChI is InChI=1S/C22H15N3O3/c26-22-17-12-15(25(27)28)10-11-18(17)23-20-16-8-4-5-9-19(16)24(21(20)22)13-14-6-2-1-3-7-14/h1-12H,13H2,(H,23,26). The van der Waals surface area contributed by atoms with E-state index in [1.165, 1.54) is 12.1 Å². The van der Waals surface area contributed by atoms with Gasteiger partial charge in [-0.2, -0.15) is 0 Å². The molecule has 0 spiro atoms. The van der Waals surface area contributed by atoms with Crippen LogP contribution in [0.3, 0.4) is 0 Å². The van der Waals surface area contributed by atoms with Crippen molar-refractivity contribution in [1.82, 2.24) is 9.55 Å². The number of aromatic nitrogens is 2. The van der Waals surface area contributed by atoms with E-state index in [1.54, 1.807) is 6.07 Å². The van der Waals surface area contributed by atoms with Crippen molar-refractivity contribution in [2.75, 3.05) is 0 Å². The Bertz CT molecular complexity index is 1430. The summed E-state index contributed by atoms with van der Waals surface area (Å²) in [5, 5.41) is 12.4. The molecule has 0 bridgehead atoms. The Morgan fingerprint density at radius 3 is 2.46 bits per heavy atom. The number of hydrogen-bond acceptors (Lipinski definition) is 3. The predicted octanol–water partition coefficient (Wildman–Crippen LogP) is 4.59. The van der Waals surface area contributed by atoms with Crippen molar-refractivity contribution >= 4 is 38.5 Å². The van der Waals surface area contributed by atoms with Gasteiger partial charge in [-0.15, -0.1) is 0 Å². The topological polar surface area (TPSA) is 80.9 Å². The number of hydrogen-bond donors (Lipinski definition) is 1. The lowest BCUT2D eigenvalue weighted by atomic mass is 10.1. The third kappa shape index (κ3) is 2.39. The summed E-state index contributed by atoms with van der Waals surface area (Å²) in [6.45, 7) is 0.536. The van der Waals surface area contributed by atoms with Crippen LogP contribution in [0.4, 0.5) is 5.69 Å². The van der Waals surface area contributed by atoms with Gasteiger partial charge >= 0.3 is 0 Å². The number of nitrogens with one attached hydrogen (secondary N) is 1. The lowest BCUT2D eigenvalue weighted by Crippen LogP contribution is -2.10. The van der Waals surface area contributed by atoms with Crippen molar-refractivity contribution in [2.24, 2.45) is 0 Å². The van der Waals surface area contributed by atoms with Crippen molar-refractivity contribution in [2.45, 2.75) is 6.54 Å². The number of non-ortho nitro benzene ring substituents is 1. The summed E-state index contributed by atoms with van der Waals surface area (Å²) in [5.41, 5.74) is 3.58. The Morgan fingerprint density at radius 2 is 1.68 bits per heavy atom. The quantitative estimate of drug-likeness (QED) is 0.373. The van der Waals surface area contributed by atoms with Gasteiger partial charge in [-0.3, -0.25) is 14.9 Å². The van der Waals surface area contributed by atoms with Crippen LogP contribution in [0.5, 0.6) is 0 Å². The zero-order valence-electron chi connectivity index (χ0n) is 14.8. The average molecular weight is 369 g/mol. The fraction of sp³-hybridized carbons (Fsp3) is 0.0455. The van der Waals surface area contributed by atoms with Crippen molar-refractivity contribution < 1.29 is 4.92 Å². The molecule has 0 saturated heterocycles. The molecular weight excluding hydrogens is 354 g/mol. The molecule has 5 aromatic rings. The Kier molecular flexibility index (Phi) is 3.52. The summed E-state index contributed by atoms with van der Waals surface area (Å²) < 4.78 is 1.98. The fourth-order valence-corrected chi connectivity index (χ4v) is 3.80. The third-order valence-electron chi connectivity index (χ3n) is 5.09. The molecule has 0 aliphatic carbocycles. The van der Waals surface area contributed by atoms with E-state index in [4.69, 9.17) is 0 Å². The normalized spacial score (nSPS) is 11.4. The van der Waals surface area contributed by atoms with Gasteiger partial charge < -0.3 is 9.55 Å². The molecule has 6 nitrogen and oxygen atoms in total. The van der Waals surface area contributed by atoms with E-state index in [1.807, 2.05) is 59.2 Å². The molecule has 0 saturated carbocycles. The van der Waals surface area contributed by atoms with E-state index in [0.717, 1.165) is 22.0 Å². The summed E-state index contributed by atoms with van der Waals surface area (Å²) in [6, 6.07) is 22.1. The zero-order valence-corrected chi connectivity index (χ0v) is 14.8. The predicted molar refractivity (Wildman–Crippen MR) is 110 cm³/mol. The van der Waals surface area contributed by atoms with Gasteiger partial charge in [0.2, 0.25) is 5.43 Å². The van der Waals surface area contributed by atoms with E-state index in [0.29, 0.717) is 23.0 Å². The molecule has 136 valence electrons. The Labute approximate surface area is 158 Å². The Morgan fingerprint density at radius 1 is 0.929 bits per heavy atom. The lowest BCUT2D eigenvalue weighted by Gasteiger charge is -2.08. The summed E-state index contributed by atoms with van der Waals surface area (Å²) >= 11 is 0. The zero-order chi connectivity index (χ0) is 19.3. The van der Waals surface area contributed by atoms with Crippen LogP contribution in [0.25, 0.3) is 32.8 Å². The van der Waals surface area contributed by atoms with Gasteiger partial charge in [0.15, 0.2) is 0 Å². The van der Waals surface area contributed by atoms with Gasteiger partial charge in [0.1, 0.15) is 5.52 Å². The summed E-state index contributed by atoms with van der Waals surface area (Å²) in [6.07, 6.45) is 0. The number of aromatic amines is 1. The second-order valence-corrected chi connectivity index (χ2v) is 6.75. The van der Waals surface area contributed by atoms with E-state index in [-0.39, 0.29) is 11.1 Å². The van der Waals surface area contributed by atoms with Gasteiger partial charge in [-0.25, -0.2) is 0 Å². The highest BCUT2D eigenvalue weighted by molar-refractivity contribution is 6.09. The Balaban J connectivity index is 1.90. The van der Waals surface area contributed by atoms with E-state index in [9.17, 15) is 14.9 Å². The minimum Gasteiger partial charge on any atom is -0.353 e. The van der Waals surface area contributed by atoms with Crippen molar-refractivity contribution in [3.8, 4) is 0 Å². The number of benzene rings is 3. The van der Waals surface area contributed by atoms with E-state index >= 15 is 0 Å². The molecule has 0 fully saturated rings. The first-order chi connectivity index (χ1) is 13.6. The molecule has 6 heteroatoms. The van der Waals surface area contributed by atoms with Crippen molar-refractivity contribution in [3.05, 3.63) is 98.7 Å². The minimum atomic E-state index is -0.484.